The minimum absolute atomic E-state index is 0.126. The molecule has 0 fully saturated rings. The van der Waals surface area contributed by atoms with Crippen molar-refractivity contribution in [1.29, 1.82) is 0 Å². The molecular formula is C58H40N4. The molecule has 3 aromatic heterocycles. The number of fused-ring (bicyclic) bond motifs is 15. The van der Waals surface area contributed by atoms with Crippen LogP contribution in [-0.2, 0) is 12.8 Å². The SMILES string of the molecule is C1=CC2c3ccc4c5ccccc5n(-c5ccccc5)c4c3N(c3cccc4c(-n5c6c(c7ccccc75)CCc5c-6n(-c6ccccc6)c6ccccc56)cccc34)C2C=C1. The van der Waals surface area contributed by atoms with E-state index in [0.29, 0.717) is 0 Å². The summed E-state index contributed by atoms with van der Waals surface area (Å²) in [7, 11) is 0. The molecule has 0 spiro atoms. The lowest BCUT2D eigenvalue weighted by atomic mass is 9.91. The Kier molecular flexibility index (Phi) is 7.03. The van der Waals surface area contributed by atoms with Gasteiger partial charge in [-0.3, -0.25) is 0 Å². The van der Waals surface area contributed by atoms with Gasteiger partial charge in [0.25, 0.3) is 0 Å². The van der Waals surface area contributed by atoms with Crippen LogP contribution in [0, 0.1) is 0 Å². The molecular weight excluding hydrogens is 753 g/mol. The smallest absolute Gasteiger partial charge is 0.0782 e. The summed E-state index contributed by atoms with van der Waals surface area (Å²) in [5, 5.41) is 7.69. The molecule has 3 aliphatic rings. The number of allylic oxidation sites excluding steroid dienone is 2. The highest BCUT2D eigenvalue weighted by molar-refractivity contribution is 6.16. The van der Waals surface area contributed by atoms with E-state index >= 15 is 0 Å². The van der Waals surface area contributed by atoms with E-state index in [1.54, 1.807) is 0 Å². The topological polar surface area (TPSA) is 18.0 Å². The summed E-state index contributed by atoms with van der Waals surface area (Å²) in [6.45, 7) is 0. The van der Waals surface area contributed by atoms with Crippen LogP contribution < -0.4 is 4.90 Å². The van der Waals surface area contributed by atoms with Crippen LogP contribution in [0.2, 0.25) is 0 Å². The molecule has 4 heteroatoms. The van der Waals surface area contributed by atoms with Crippen molar-refractivity contribution in [2.45, 2.75) is 24.8 Å². The molecule has 0 saturated carbocycles. The lowest BCUT2D eigenvalue weighted by Gasteiger charge is -2.31. The number of aryl methyl sites for hydroxylation is 2. The molecule has 0 bridgehead atoms. The zero-order chi connectivity index (χ0) is 40.5. The highest BCUT2D eigenvalue weighted by atomic mass is 15.2. The molecule has 2 atom stereocenters. The molecule has 62 heavy (non-hydrogen) atoms. The lowest BCUT2D eigenvalue weighted by Crippen LogP contribution is -2.29. The van der Waals surface area contributed by atoms with Crippen LogP contribution in [0.3, 0.4) is 0 Å². The fourth-order valence-corrected chi connectivity index (χ4v) is 11.6. The fraction of sp³-hybridized carbons (Fsp3) is 0.0690. The number of para-hydroxylation sites is 5. The number of benzene rings is 8. The second-order valence-corrected chi connectivity index (χ2v) is 17.1. The molecule has 0 amide bonds. The summed E-state index contributed by atoms with van der Waals surface area (Å²) >= 11 is 0. The Morgan fingerprint density at radius 2 is 0.887 bits per heavy atom. The average molecular weight is 793 g/mol. The quantitative estimate of drug-likeness (QED) is 0.174. The minimum atomic E-state index is 0.126. The second-order valence-electron chi connectivity index (χ2n) is 17.1. The molecule has 0 saturated heterocycles. The molecule has 11 aromatic rings. The van der Waals surface area contributed by atoms with Crippen molar-refractivity contribution in [3.05, 3.63) is 223 Å². The van der Waals surface area contributed by atoms with E-state index in [-0.39, 0.29) is 12.0 Å². The van der Waals surface area contributed by atoms with Crippen molar-refractivity contribution in [1.82, 2.24) is 13.7 Å². The van der Waals surface area contributed by atoms with Gasteiger partial charge in [0, 0.05) is 55.3 Å². The molecule has 292 valence electrons. The molecule has 14 rings (SSSR count). The lowest BCUT2D eigenvalue weighted by molar-refractivity contribution is 0.746. The summed E-state index contributed by atoms with van der Waals surface area (Å²) < 4.78 is 7.62. The third-order valence-electron chi connectivity index (χ3n) is 14.1. The van der Waals surface area contributed by atoms with Gasteiger partial charge in [-0.05, 0) is 84.1 Å². The summed E-state index contributed by atoms with van der Waals surface area (Å²) in [6, 6.07) is 67.7. The number of hydrogen-bond acceptors (Lipinski definition) is 1. The van der Waals surface area contributed by atoms with Crippen molar-refractivity contribution in [2.24, 2.45) is 0 Å². The first-order valence-corrected chi connectivity index (χ1v) is 21.9. The maximum atomic E-state index is 2.67. The third kappa shape index (κ3) is 4.51. The first-order valence-electron chi connectivity index (χ1n) is 21.9. The van der Waals surface area contributed by atoms with E-state index in [4.69, 9.17) is 0 Å². The Hall–Kier alpha value is -7.82. The maximum absolute atomic E-state index is 2.67. The van der Waals surface area contributed by atoms with Gasteiger partial charge in [0.1, 0.15) is 0 Å². The van der Waals surface area contributed by atoms with Gasteiger partial charge < -0.3 is 18.6 Å². The van der Waals surface area contributed by atoms with Gasteiger partial charge in [0.2, 0.25) is 0 Å². The fourth-order valence-electron chi connectivity index (χ4n) is 11.6. The van der Waals surface area contributed by atoms with E-state index in [1.807, 2.05) is 0 Å². The average Bonchev–Trinajstić information content (AvgIpc) is 4.07. The van der Waals surface area contributed by atoms with E-state index in [9.17, 15) is 0 Å². The molecule has 2 aliphatic carbocycles. The first-order chi connectivity index (χ1) is 30.8. The third-order valence-corrected chi connectivity index (χ3v) is 14.1. The van der Waals surface area contributed by atoms with Crippen LogP contribution in [0.5, 0.6) is 0 Å². The monoisotopic (exact) mass is 792 g/mol. The summed E-state index contributed by atoms with van der Waals surface area (Å²) in [5.41, 5.74) is 17.9. The van der Waals surface area contributed by atoms with E-state index in [2.05, 4.69) is 225 Å². The van der Waals surface area contributed by atoms with Crippen molar-refractivity contribution in [3.63, 3.8) is 0 Å². The summed E-state index contributed by atoms with van der Waals surface area (Å²) in [6.07, 6.45) is 11.3. The molecule has 2 unspecified atom stereocenters. The molecule has 0 radical (unpaired) electrons. The zero-order valence-corrected chi connectivity index (χ0v) is 34.0. The Labute approximate surface area is 359 Å². The molecule has 0 N–H and O–H groups in total. The molecule has 8 aromatic carbocycles. The molecule has 4 heterocycles. The van der Waals surface area contributed by atoms with Gasteiger partial charge in [-0.2, -0.15) is 0 Å². The minimum Gasteiger partial charge on any atom is -0.331 e. The number of nitrogens with zero attached hydrogens (tertiary/aromatic N) is 4. The van der Waals surface area contributed by atoms with Gasteiger partial charge >= 0.3 is 0 Å². The Bertz CT molecular complexity index is 3710. The van der Waals surface area contributed by atoms with Crippen LogP contribution in [0.25, 0.3) is 82.8 Å². The first kappa shape index (κ1) is 34.0. The van der Waals surface area contributed by atoms with Gasteiger partial charge in [-0.25, -0.2) is 0 Å². The highest BCUT2D eigenvalue weighted by Crippen LogP contribution is 2.54. The van der Waals surface area contributed by atoms with E-state index in [1.165, 1.54) is 111 Å². The van der Waals surface area contributed by atoms with Crippen molar-refractivity contribution >= 4 is 65.8 Å². The number of rotatable bonds is 4. The summed E-state index contributed by atoms with van der Waals surface area (Å²) in [4.78, 5) is 2.67. The highest BCUT2D eigenvalue weighted by Gasteiger charge is 2.41. The standard InChI is InChI=1S/C58H40N4/c1-3-17-37(18-4-1)59-49-27-11-7-21-41(49)45-33-35-47-43-23-9-13-29-51(43)61(57(47)55(45)59)53-31-15-26-40-39(53)25-16-32-54(40)62-52-30-14-10-24-44(52)48-36-34-46-42-22-8-12-28-50(42)60(56(46)58(48)62)38-19-5-2-6-20-38/h1-33,35,43,51H,34,36H2. The maximum Gasteiger partial charge on any atom is 0.0782 e. The van der Waals surface area contributed by atoms with Crippen LogP contribution in [0.4, 0.5) is 11.4 Å². The van der Waals surface area contributed by atoms with Crippen molar-refractivity contribution < 1.29 is 0 Å². The van der Waals surface area contributed by atoms with Gasteiger partial charge in [-0.1, -0.05) is 152 Å². The predicted molar refractivity (Wildman–Crippen MR) is 258 cm³/mol. The number of hydrogen-bond donors (Lipinski definition) is 0. The Morgan fingerprint density at radius 1 is 0.371 bits per heavy atom. The van der Waals surface area contributed by atoms with E-state index < -0.39 is 0 Å². The van der Waals surface area contributed by atoms with Gasteiger partial charge in [0.05, 0.1) is 50.9 Å². The second kappa shape index (κ2) is 12.8. The zero-order valence-electron chi connectivity index (χ0n) is 34.0. The summed E-state index contributed by atoms with van der Waals surface area (Å²) in [5.74, 6) is 0.221. The normalized spacial score (nSPS) is 16.4. The predicted octanol–water partition coefficient (Wildman–Crippen LogP) is 14.3. The van der Waals surface area contributed by atoms with Crippen LogP contribution in [-0.4, -0.2) is 19.7 Å². The largest absolute Gasteiger partial charge is 0.331 e. The van der Waals surface area contributed by atoms with Gasteiger partial charge in [0.15, 0.2) is 0 Å². The van der Waals surface area contributed by atoms with Gasteiger partial charge in [-0.15, -0.1) is 0 Å². The Balaban J connectivity index is 1.06. The van der Waals surface area contributed by atoms with Crippen LogP contribution in [0.1, 0.15) is 22.6 Å². The van der Waals surface area contributed by atoms with E-state index in [0.717, 1.165) is 12.8 Å². The van der Waals surface area contributed by atoms with Crippen molar-refractivity contribution in [2.75, 3.05) is 4.90 Å². The molecule has 4 nitrogen and oxygen atoms in total. The van der Waals surface area contributed by atoms with Crippen LogP contribution in [0.15, 0.2) is 206 Å². The number of anilines is 2. The Morgan fingerprint density at radius 3 is 1.58 bits per heavy atom. The van der Waals surface area contributed by atoms with Crippen molar-refractivity contribution in [3.8, 4) is 28.5 Å². The number of aromatic nitrogens is 3. The molecule has 1 aliphatic heterocycles. The van der Waals surface area contributed by atoms with Crippen LogP contribution >= 0.6 is 0 Å².